The van der Waals surface area contributed by atoms with Crippen LogP contribution in [0.5, 0.6) is 0 Å². The first kappa shape index (κ1) is 25.0. The van der Waals surface area contributed by atoms with Crippen LogP contribution in [-0.2, 0) is 10.2 Å². The highest BCUT2D eigenvalue weighted by Crippen LogP contribution is 2.27. The van der Waals surface area contributed by atoms with Crippen LogP contribution in [0, 0.1) is 5.92 Å². The first-order chi connectivity index (χ1) is 15.5. The Hall–Kier alpha value is -2.64. The Morgan fingerprint density at radius 3 is 2.45 bits per heavy atom. The van der Waals surface area contributed by atoms with Crippen molar-refractivity contribution >= 4 is 40.6 Å². The molecule has 3 aromatic rings. The summed E-state index contributed by atoms with van der Waals surface area (Å²) >= 11 is 7.43. The van der Waals surface area contributed by atoms with E-state index in [4.69, 9.17) is 16.7 Å². The number of benzene rings is 1. The summed E-state index contributed by atoms with van der Waals surface area (Å²) in [5.41, 5.74) is 1.44. The molecule has 0 saturated heterocycles. The van der Waals surface area contributed by atoms with E-state index in [1.807, 2.05) is 29.6 Å². The largest absolute Gasteiger partial charge is 0.329 e. The molecule has 0 atom stereocenters. The Morgan fingerprint density at radius 2 is 1.88 bits per heavy atom. The predicted octanol–water partition coefficient (Wildman–Crippen LogP) is 6.01. The molecule has 0 aliphatic rings. The molecule has 0 radical (unpaired) electrons. The summed E-state index contributed by atoms with van der Waals surface area (Å²) in [4.78, 5) is 28.3. The molecule has 0 fully saturated rings. The summed E-state index contributed by atoms with van der Waals surface area (Å²) in [6.07, 6.45) is 0.821. The van der Waals surface area contributed by atoms with Gasteiger partial charge in [0.15, 0.2) is 0 Å². The van der Waals surface area contributed by atoms with Crippen LogP contribution in [0.1, 0.15) is 56.4 Å². The smallest absolute Gasteiger partial charge is 0.264 e. The molecule has 0 spiro atoms. The van der Waals surface area contributed by atoms with Crippen molar-refractivity contribution < 1.29 is 9.59 Å². The Bertz CT molecular complexity index is 1080. The van der Waals surface area contributed by atoms with Gasteiger partial charge in [0.1, 0.15) is 12.4 Å². The SMILES string of the molecule is CC(C)CCN(CC(=O)Nc1cc(C(C)(C)C)nn1-c1ccc(Cl)cc1)C(=O)c1cccs1. The predicted molar refractivity (Wildman–Crippen MR) is 136 cm³/mol. The molecule has 0 unspecified atom stereocenters. The number of carbonyl (C=O) groups is 2. The summed E-state index contributed by atoms with van der Waals surface area (Å²) in [6, 6.07) is 12.8. The minimum absolute atomic E-state index is 0.0277. The number of anilines is 1. The first-order valence-corrected chi connectivity index (χ1v) is 12.3. The average molecular weight is 487 g/mol. The normalized spacial score (nSPS) is 11.6. The van der Waals surface area contributed by atoms with E-state index in [0.717, 1.165) is 17.8 Å². The van der Waals surface area contributed by atoms with Crippen molar-refractivity contribution in [2.45, 2.75) is 46.5 Å². The summed E-state index contributed by atoms with van der Waals surface area (Å²) in [6.45, 7) is 10.9. The van der Waals surface area contributed by atoms with Crippen molar-refractivity contribution in [3.63, 3.8) is 0 Å². The number of hydrogen-bond donors (Lipinski definition) is 1. The molecule has 0 aliphatic heterocycles. The van der Waals surface area contributed by atoms with Gasteiger partial charge in [-0.25, -0.2) is 4.68 Å². The Morgan fingerprint density at radius 1 is 1.18 bits per heavy atom. The van der Waals surface area contributed by atoms with Crippen molar-refractivity contribution in [1.82, 2.24) is 14.7 Å². The van der Waals surface area contributed by atoms with Gasteiger partial charge in [-0.05, 0) is 48.1 Å². The van der Waals surface area contributed by atoms with E-state index in [0.29, 0.717) is 28.2 Å². The second-order valence-corrected chi connectivity index (χ2v) is 10.9. The van der Waals surface area contributed by atoms with Gasteiger partial charge in [0.25, 0.3) is 5.91 Å². The highest BCUT2D eigenvalue weighted by Gasteiger charge is 2.24. The molecule has 2 heterocycles. The molecule has 2 amide bonds. The van der Waals surface area contributed by atoms with Crippen molar-refractivity contribution in [2.75, 3.05) is 18.4 Å². The number of nitrogens with zero attached hydrogens (tertiary/aromatic N) is 3. The monoisotopic (exact) mass is 486 g/mol. The van der Waals surface area contributed by atoms with Crippen molar-refractivity contribution in [1.29, 1.82) is 0 Å². The van der Waals surface area contributed by atoms with Gasteiger partial charge in [0.2, 0.25) is 5.91 Å². The van der Waals surface area contributed by atoms with Gasteiger partial charge in [-0.2, -0.15) is 5.10 Å². The highest BCUT2D eigenvalue weighted by atomic mass is 35.5. The van der Waals surface area contributed by atoms with Crippen molar-refractivity contribution in [3.05, 3.63) is 63.4 Å². The van der Waals surface area contributed by atoms with E-state index >= 15 is 0 Å². The molecule has 1 N–H and O–H groups in total. The van der Waals surface area contributed by atoms with Crippen LogP contribution in [0.4, 0.5) is 5.82 Å². The average Bonchev–Trinajstić information content (AvgIpc) is 3.41. The van der Waals surface area contributed by atoms with Gasteiger partial charge < -0.3 is 10.2 Å². The molecule has 176 valence electrons. The Kier molecular flexibility index (Phi) is 7.97. The summed E-state index contributed by atoms with van der Waals surface area (Å²) < 4.78 is 1.70. The fourth-order valence-electron chi connectivity index (χ4n) is 3.19. The van der Waals surface area contributed by atoms with Crippen LogP contribution < -0.4 is 5.32 Å². The van der Waals surface area contributed by atoms with Gasteiger partial charge in [-0.1, -0.05) is 52.3 Å². The number of thiophene rings is 1. The van der Waals surface area contributed by atoms with E-state index in [1.165, 1.54) is 11.3 Å². The third-order valence-corrected chi connectivity index (χ3v) is 6.26. The number of nitrogens with one attached hydrogen (secondary N) is 1. The third kappa shape index (κ3) is 6.68. The highest BCUT2D eigenvalue weighted by molar-refractivity contribution is 7.12. The van der Waals surface area contributed by atoms with Crippen LogP contribution >= 0.6 is 22.9 Å². The van der Waals surface area contributed by atoms with E-state index in [2.05, 4.69) is 39.9 Å². The number of hydrogen-bond acceptors (Lipinski definition) is 4. The fourth-order valence-corrected chi connectivity index (χ4v) is 4.01. The summed E-state index contributed by atoms with van der Waals surface area (Å²) in [5.74, 6) is 0.591. The summed E-state index contributed by atoms with van der Waals surface area (Å²) in [7, 11) is 0. The lowest BCUT2D eigenvalue weighted by atomic mass is 9.92. The number of halogens is 1. The second-order valence-electron chi connectivity index (χ2n) is 9.49. The van der Waals surface area contributed by atoms with Crippen LogP contribution in [0.25, 0.3) is 5.69 Å². The van der Waals surface area contributed by atoms with Gasteiger partial charge in [0, 0.05) is 23.0 Å². The summed E-state index contributed by atoms with van der Waals surface area (Å²) in [5, 5.41) is 10.2. The molecule has 0 bridgehead atoms. The minimum Gasteiger partial charge on any atom is -0.329 e. The molecule has 0 saturated carbocycles. The molecule has 3 rings (SSSR count). The lowest BCUT2D eigenvalue weighted by Crippen LogP contribution is -2.39. The maximum absolute atomic E-state index is 13.1. The van der Waals surface area contributed by atoms with Gasteiger partial charge in [-0.15, -0.1) is 11.3 Å². The Balaban J connectivity index is 1.84. The van der Waals surface area contributed by atoms with E-state index < -0.39 is 0 Å². The van der Waals surface area contributed by atoms with Gasteiger partial charge in [-0.3, -0.25) is 9.59 Å². The van der Waals surface area contributed by atoms with Gasteiger partial charge in [0.05, 0.1) is 16.3 Å². The number of amides is 2. The molecule has 8 heteroatoms. The zero-order valence-electron chi connectivity index (χ0n) is 19.8. The topological polar surface area (TPSA) is 67.2 Å². The molecule has 33 heavy (non-hydrogen) atoms. The molecule has 1 aromatic carbocycles. The minimum atomic E-state index is -0.265. The maximum Gasteiger partial charge on any atom is 0.264 e. The third-order valence-electron chi connectivity index (χ3n) is 5.15. The quantitative estimate of drug-likeness (QED) is 0.423. The van der Waals surface area contributed by atoms with E-state index in [-0.39, 0.29) is 23.8 Å². The standard InChI is InChI=1S/C25H31ClN4O2S/c1-17(2)12-13-29(24(32)20-7-6-14-33-20)16-23(31)27-22-15-21(25(3,4)5)28-30(22)19-10-8-18(26)9-11-19/h6-11,14-15,17H,12-13,16H2,1-5H3,(H,27,31). The fraction of sp³-hybridized carbons (Fsp3) is 0.400. The number of carbonyl (C=O) groups excluding carboxylic acids is 2. The van der Waals surface area contributed by atoms with Crippen LogP contribution in [0.2, 0.25) is 5.02 Å². The zero-order valence-corrected chi connectivity index (χ0v) is 21.3. The van der Waals surface area contributed by atoms with Crippen molar-refractivity contribution in [3.8, 4) is 5.69 Å². The second kappa shape index (κ2) is 10.5. The Labute approximate surface area is 204 Å². The lowest BCUT2D eigenvalue weighted by Gasteiger charge is -2.22. The van der Waals surface area contributed by atoms with Crippen molar-refractivity contribution in [2.24, 2.45) is 5.92 Å². The lowest BCUT2D eigenvalue weighted by molar-refractivity contribution is -0.117. The molecular formula is C25H31ClN4O2S. The van der Waals surface area contributed by atoms with Gasteiger partial charge >= 0.3 is 0 Å². The molecule has 6 nitrogen and oxygen atoms in total. The van der Waals surface area contributed by atoms with Crippen LogP contribution in [-0.4, -0.2) is 39.6 Å². The van der Waals surface area contributed by atoms with Crippen LogP contribution in [0.15, 0.2) is 47.8 Å². The van der Waals surface area contributed by atoms with E-state index in [1.54, 1.807) is 27.8 Å². The molecule has 2 aromatic heterocycles. The zero-order chi connectivity index (χ0) is 24.2. The number of rotatable bonds is 8. The number of aromatic nitrogens is 2. The molecular weight excluding hydrogens is 456 g/mol. The molecule has 0 aliphatic carbocycles. The maximum atomic E-state index is 13.1. The van der Waals surface area contributed by atoms with E-state index in [9.17, 15) is 9.59 Å². The van der Waals surface area contributed by atoms with Crippen LogP contribution in [0.3, 0.4) is 0 Å². The first-order valence-electron chi connectivity index (χ1n) is 11.0.